The lowest BCUT2D eigenvalue weighted by Gasteiger charge is -2.13. The number of aromatic amines is 2. The molecular formula is C15H19N11O4. The zero-order valence-electron chi connectivity index (χ0n) is 15.4. The van der Waals surface area contributed by atoms with Crippen molar-refractivity contribution in [1.82, 2.24) is 39.5 Å². The Kier molecular flexibility index (Phi) is 4.90. The highest BCUT2D eigenvalue weighted by molar-refractivity contribution is 5.81. The van der Waals surface area contributed by atoms with Crippen LogP contribution in [0.15, 0.2) is 17.4 Å². The summed E-state index contributed by atoms with van der Waals surface area (Å²) in [4.78, 5) is 36.2. The van der Waals surface area contributed by atoms with Crippen molar-refractivity contribution in [2.24, 2.45) is 0 Å². The molecule has 0 amide bonds. The molecule has 10 N–H and O–H groups in total. The third-order valence-corrected chi connectivity index (χ3v) is 4.47. The second kappa shape index (κ2) is 7.54. The lowest BCUT2D eigenvalue weighted by Crippen LogP contribution is -2.24. The van der Waals surface area contributed by atoms with Crippen molar-refractivity contribution in [2.75, 3.05) is 23.8 Å². The molecule has 0 saturated carbocycles. The van der Waals surface area contributed by atoms with E-state index in [4.69, 9.17) is 27.0 Å². The molecule has 1 saturated heterocycles. The van der Waals surface area contributed by atoms with Crippen LogP contribution in [0.3, 0.4) is 0 Å². The summed E-state index contributed by atoms with van der Waals surface area (Å²) in [5.74, 6) is 0.435. The van der Waals surface area contributed by atoms with Crippen molar-refractivity contribution in [3.05, 3.63) is 23.0 Å². The standard InChI is InChI=1S/C10H13N5O4.C5H6N6/c11-10-13-8-7(9(18)14-10)12-3-15(8)6-1-4(17)5(2-16)19-6;6-3-2-4(9-1-8-2)11-5(7)10-3/h3-6,16-17H,1-2H2,(H3,11,13,14,18);1H,(H5,6,7,8,9,10,11)/t4-,5+,6+;/m0./s1. The van der Waals surface area contributed by atoms with Crippen molar-refractivity contribution in [3.8, 4) is 0 Å². The number of nitrogens with one attached hydrogen (secondary N) is 2. The summed E-state index contributed by atoms with van der Waals surface area (Å²) in [5.41, 5.74) is 17.4. The van der Waals surface area contributed by atoms with Crippen LogP contribution in [0, 0.1) is 0 Å². The van der Waals surface area contributed by atoms with Crippen molar-refractivity contribution in [3.63, 3.8) is 0 Å². The van der Waals surface area contributed by atoms with Gasteiger partial charge >= 0.3 is 0 Å². The molecule has 0 aliphatic carbocycles. The van der Waals surface area contributed by atoms with Crippen LogP contribution >= 0.6 is 0 Å². The Balaban J connectivity index is 0.000000168. The zero-order chi connectivity index (χ0) is 21.4. The topological polar surface area (TPSA) is 246 Å². The number of nitrogens with zero attached hydrogens (tertiary/aromatic N) is 6. The minimum atomic E-state index is -0.771. The molecule has 0 radical (unpaired) electrons. The summed E-state index contributed by atoms with van der Waals surface area (Å²) in [7, 11) is 0. The number of aliphatic hydroxyl groups excluding tert-OH is 2. The second-order valence-corrected chi connectivity index (χ2v) is 6.46. The Morgan fingerprint density at radius 2 is 2.00 bits per heavy atom. The molecule has 3 atom stereocenters. The number of imidazole rings is 2. The number of nitrogen functional groups attached to an aromatic ring is 3. The van der Waals surface area contributed by atoms with Crippen LogP contribution < -0.4 is 22.8 Å². The number of fused-ring (bicyclic) bond motifs is 2. The summed E-state index contributed by atoms with van der Waals surface area (Å²) in [5, 5.41) is 18.8. The average molecular weight is 417 g/mol. The third-order valence-electron chi connectivity index (χ3n) is 4.47. The molecule has 5 rings (SSSR count). The van der Waals surface area contributed by atoms with E-state index >= 15 is 0 Å². The highest BCUT2D eigenvalue weighted by Gasteiger charge is 2.35. The maximum Gasteiger partial charge on any atom is 0.280 e. The van der Waals surface area contributed by atoms with Gasteiger partial charge in [-0.3, -0.25) is 14.3 Å². The Hall–Kier alpha value is -3.82. The molecule has 1 aliphatic heterocycles. The SMILES string of the molecule is Nc1nc(N)c2nc[nH]c2n1.Nc1nc2c(ncn2[C@H]2C[C@H](O)[C@@H](CO)O2)c(=O)[nH]1. The normalized spacial score (nSPS) is 21.1. The van der Waals surface area contributed by atoms with E-state index in [0.29, 0.717) is 17.0 Å². The number of ether oxygens (including phenoxy) is 1. The van der Waals surface area contributed by atoms with Gasteiger partial charge in [-0.1, -0.05) is 0 Å². The number of rotatable bonds is 2. The van der Waals surface area contributed by atoms with E-state index in [1.807, 2.05) is 0 Å². The largest absolute Gasteiger partial charge is 0.394 e. The predicted octanol–water partition coefficient (Wildman–Crippen LogP) is -2.14. The second-order valence-electron chi connectivity index (χ2n) is 6.46. The fourth-order valence-electron chi connectivity index (χ4n) is 3.08. The van der Waals surface area contributed by atoms with E-state index in [-0.39, 0.29) is 36.1 Å². The van der Waals surface area contributed by atoms with Gasteiger partial charge in [-0.2, -0.15) is 15.0 Å². The lowest BCUT2D eigenvalue weighted by molar-refractivity contribution is -0.0432. The smallest absolute Gasteiger partial charge is 0.280 e. The maximum absolute atomic E-state index is 11.6. The first-order chi connectivity index (χ1) is 14.4. The molecular weight excluding hydrogens is 398 g/mol. The molecule has 1 aliphatic rings. The molecule has 4 aromatic heterocycles. The molecule has 5 heterocycles. The van der Waals surface area contributed by atoms with Gasteiger partial charge in [0.15, 0.2) is 22.6 Å². The summed E-state index contributed by atoms with van der Waals surface area (Å²) in [6.07, 6.45) is 1.23. The molecule has 15 heteroatoms. The molecule has 1 fully saturated rings. The highest BCUT2D eigenvalue weighted by atomic mass is 16.5. The Morgan fingerprint density at radius 1 is 1.20 bits per heavy atom. The number of hydrogen-bond acceptors (Lipinski definition) is 12. The first-order valence-electron chi connectivity index (χ1n) is 8.76. The molecule has 4 aromatic rings. The molecule has 30 heavy (non-hydrogen) atoms. The lowest BCUT2D eigenvalue weighted by atomic mass is 10.2. The van der Waals surface area contributed by atoms with Crippen LogP contribution in [0.25, 0.3) is 22.3 Å². The Bertz CT molecular complexity index is 1250. The van der Waals surface area contributed by atoms with Gasteiger partial charge in [0.1, 0.15) is 17.8 Å². The fourth-order valence-corrected chi connectivity index (χ4v) is 3.08. The van der Waals surface area contributed by atoms with Gasteiger partial charge in [0.2, 0.25) is 11.9 Å². The Labute approximate surface area is 167 Å². The van der Waals surface area contributed by atoms with Crippen molar-refractivity contribution in [1.29, 1.82) is 0 Å². The monoisotopic (exact) mass is 417 g/mol. The van der Waals surface area contributed by atoms with Crippen molar-refractivity contribution >= 4 is 40.0 Å². The number of anilines is 3. The number of aliphatic hydroxyl groups is 2. The van der Waals surface area contributed by atoms with Gasteiger partial charge < -0.3 is 37.1 Å². The van der Waals surface area contributed by atoms with Crippen LogP contribution in [-0.2, 0) is 4.74 Å². The number of nitrogens with two attached hydrogens (primary N) is 3. The zero-order valence-corrected chi connectivity index (χ0v) is 15.4. The van der Waals surface area contributed by atoms with Crippen molar-refractivity contribution in [2.45, 2.75) is 24.9 Å². The van der Waals surface area contributed by atoms with E-state index in [1.54, 1.807) is 0 Å². The maximum atomic E-state index is 11.6. The van der Waals surface area contributed by atoms with Gasteiger partial charge in [0.25, 0.3) is 5.56 Å². The van der Waals surface area contributed by atoms with Crippen LogP contribution in [0.2, 0.25) is 0 Å². The van der Waals surface area contributed by atoms with E-state index in [9.17, 15) is 9.90 Å². The van der Waals surface area contributed by atoms with Gasteiger partial charge in [-0.15, -0.1) is 0 Å². The first kappa shape index (κ1) is 19.5. The van der Waals surface area contributed by atoms with E-state index < -0.39 is 24.0 Å². The van der Waals surface area contributed by atoms with Gasteiger partial charge in [0.05, 0.1) is 25.4 Å². The molecule has 15 nitrogen and oxygen atoms in total. The van der Waals surface area contributed by atoms with Gasteiger partial charge in [0, 0.05) is 6.42 Å². The predicted molar refractivity (Wildman–Crippen MR) is 105 cm³/mol. The number of H-pyrrole nitrogens is 2. The minimum Gasteiger partial charge on any atom is -0.394 e. The van der Waals surface area contributed by atoms with Crippen molar-refractivity contribution < 1.29 is 14.9 Å². The summed E-state index contributed by atoms with van der Waals surface area (Å²) in [6.45, 7) is -0.277. The molecule has 0 aromatic carbocycles. The van der Waals surface area contributed by atoms with Gasteiger partial charge in [-0.25, -0.2) is 9.97 Å². The van der Waals surface area contributed by atoms with Crippen LogP contribution in [-0.4, -0.2) is 68.5 Å². The molecule has 0 bridgehead atoms. The molecule has 0 spiro atoms. The van der Waals surface area contributed by atoms with E-state index in [2.05, 4.69) is 34.9 Å². The summed E-state index contributed by atoms with van der Waals surface area (Å²) < 4.78 is 7.01. The third kappa shape index (κ3) is 3.47. The van der Waals surface area contributed by atoms with E-state index in [0.717, 1.165) is 0 Å². The van der Waals surface area contributed by atoms with Gasteiger partial charge in [-0.05, 0) is 0 Å². The minimum absolute atomic E-state index is 0.0171. The number of hydrogen-bond donors (Lipinski definition) is 7. The number of aromatic nitrogens is 8. The molecule has 0 unspecified atom stereocenters. The van der Waals surface area contributed by atoms with Crippen LogP contribution in [0.5, 0.6) is 0 Å². The van der Waals surface area contributed by atoms with Crippen LogP contribution in [0.1, 0.15) is 12.6 Å². The summed E-state index contributed by atoms with van der Waals surface area (Å²) >= 11 is 0. The molecule has 158 valence electrons. The highest BCUT2D eigenvalue weighted by Crippen LogP contribution is 2.30. The van der Waals surface area contributed by atoms with Crippen LogP contribution in [0.4, 0.5) is 17.7 Å². The van der Waals surface area contributed by atoms with E-state index in [1.165, 1.54) is 17.2 Å². The first-order valence-corrected chi connectivity index (χ1v) is 8.76. The quantitative estimate of drug-likeness (QED) is 0.185. The average Bonchev–Trinajstić information content (AvgIpc) is 3.40. The Morgan fingerprint density at radius 3 is 2.73 bits per heavy atom. The summed E-state index contributed by atoms with van der Waals surface area (Å²) in [6, 6.07) is 0. The fraction of sp³-hybridized carbons (Fsp3) is 0.333.